The first-order valence-electron chi connectivity index (χ1n) is 6.38. The van der Waals surface area contributed by atoms with E-state index in [2.05, 4.69) is 0 Å². The predicted octanol–water partition coefficient (Wildman–Crippen LogP) is 1.10. The molecule has 2 rings (SSSR count). The molecule has 0 radical (unpaired) electrons. The number of carboxylic acids is 1. The number of aliphatic carboxylic acids is 1. The minimum atomic E-state index is -4.77. The van der Waals surface area contributed by atoms with Crippen molar-refractivity contribution in [2.75, 3.05) is 12.3 Å². The molecule has 0 aliphatic carbocycles. The second-order valence-electron chi connectivity index (χ2n) is 5.08. The smallest absolute Gasteiger partial charge is 0.331 e. The van der Waals surface area contributed by atoms with Crippen molar-refractivity contribution in [2.24, 2.45) is 5.92 Å². The van der Waals surface area contributed by atoms with Gasteiger partial charge in [-0.15, -0.1) is 3.89 Å². The van der Waals surface area contributed by atoms with Gasteiger partial charge in [0.25, 0.3) is 0 Å². The van der Waals surface area contributed by atoms with Crippen LogP contribution in [0.1, 0.15) is 18.0 Å². The zero-order valence-corrected chi connectivity index (χ0v) is 12.1. The van der Waals surface area contributed by atoms with E-state index in [0.717, 1.165) is 11.0 Å². The molecule has 0 saturated carbocycles. The molecule has 1 aliphatic heterocycles. The molecule has 2 unspecified atom stereocenters. The van der Waals surface area contributed by atoms with Gasteiger partial charge < -0.3 is 10.0 Å². The molecule has 1 amide bonds. The van der Waals surface area contributed by atoms with Crippen molar-refractivity contribution in [3.63, 3.8) is 0 Å². The summed E-state index contributed by atoms with van der Waals surface area (Å²) >= 11 is 0. The monoisotopic (exact) mass is 333 g/mol. The molecule has 1 heterocycles. The molecule has 22 heavy (non-hydrogen) atoms. The van der Waals surface area contributed by atoms with E-state index in [0.29, 0.717) is 0 Å². The van der Waals surface area contributed by atoms with Crippen LogP contribution in [0.4, 0.5) is 8.28 Å². The van der Waals surface area contributed by atoms with Crippen LogP contribution in [0.15, 0.2) is 24.3 Å². The van der Waals surface area contributed by atoms with Gasteiger partial charge in [0, 0.05) is 24.4 Å². The summed E-state index contributed by atoms with van der Waals surface area (Å²) in [4.78, 5) is 24.2. The average Bonchev–Trinajstić information content (AvgIpc) is 2.70. The summed E-state index contributed by atoms with van der Waals surface area (Å²) in [6.07, 6.45) is -0.290. The number of carbonyl (C=O) groups is 2. The Kier molecular flexibility index (Phi) is 4.45. The lowest BCUT2D eigenvalue weighted by Crippen LogP contribution is -2.36. The molecular formula is C13H13F2NO5S. The third-order valence-electron chi connectivity index (χ3n) is 3.42. The van der Waals surface area contributed by atoms with Crippen molar-refractivity contribution < 1.29 is 31.4 Å². The van der Waals surface area contributed by atoms with Crippen molar-refractivity contribution in [3.05, 3.63) is 35.6 Å². The minimum Gasteiger partial charge on any atom is -0.479 e. The van der Waals surface area contributed by atoms with Crippen LogP contribution in [0.2, 0.25) is 0 Å². The number of hydrogen-bond acceptors (Lipinski definition) is 4. The Bertz CT molecular complexity index is 706. The Balaban J connectivity index is 2.29. The summed E-state index contributed by atoms with van der Waals surface area (Å²) < 4.78 is 47.8. The van der Waals surface area contributed by atoms with Crippen LogP contribution < -0.4 is 0 Å². The normalized spacial score (nSPS) is 20.2. The Morgan fingerprint density at radius 1 is 1.41 bits per heavy atom. The van der Waals surface area contributed by atoms with Crippen LogP contribution in [-0.4, -0.2) is 42.6 Å². The maximum atomic E-state index is 13.8. The van der Waals surface area contributed by atoms with Crippen molar-refractivity contribution in [1.29, 1.82) is 0 Å². The number of amides is 1. The average molecular weight is 333 g/mol. The number of benzene rings is 1. The van der Waals surface area contributed by atoms with E-state index in [-0.39, 0.29) is 18.5 Å². The van der Waals surface area contributed by atoms with Gasteiger partial charge in [-0.3, -0.25) is 4.79 Å². The standard InChI is InChI=1S/C13H13F2NO5S/c14-10-4-2-1-3-9(10)12(13(18)19)16-6-8(5-11(16)17)7-22(15,20)21/h1-4,8,12H,5-7H2,(H,18,19). The highest BCUT2D eigenvalue weighted by Crippen LogP contribution is 2.31. The molecule has 1 saturated heterocycles. The van der Waals surface area contributed by atoms with Gasteiger partial charge in [-0.25, -0.2) is 9.18 Å². The summed E-state index contributed by atoms with van der Waals surface area (Å²) in [6.45, 7) is -0.257. The Morgan fingerprint density at radius 2 is 2.05 bits per heavy atom. The second-order valence-corrected chi connectivity index (χ2v) is 6.50. The van der Waals surface area contributed by atoms with E-state index in [1.54, 1.807) is 0 Å². The molecule has 1 aliphatic rings. The summed E-state index contributed by atoms with van der Waals surface area (Å²) in [5.74, 6) is -4.59. The van der Waals surface area contributed by atoms with E-state index in [1.807, 2.05) is 0 Å². The van der Waals surface area contributed by atoms with E-state index < -0.39 is 45.6 Å². The lowest BCUT2D eigenvalue weighted by molar-refractivity contribution is -0.148. The van der Waals surface area contributed by atoms with Crippen LogP contribution >= 0.6 is 0 Å². The third-order valence-corrected chi connectivity index (χ3v) is 4.29. The van der Waals surface area contributed by atoms with Crippen molar-refractivity contribution in [1.82, 2.24) is 4.90 Å². The zero-order valence-electron chi connectivity index (χ0n) is 11.3. The van der Waals surface area contributed by atoms with Gasteiger partial charge in [-0.2, -0.15) is 8.42 Å². The maximum Gasteiger partial charge on any atom is 0.331 e. The van der Waals surface area contributed by atoms with Crippen LogP contribution in [0, 0.1) is 11.7 Å². The number of rotatable bonds is 5. The lowest BCUT2D eigenvalue weighted by atomic mass is 10.0. The topological polar surface area (TPSA) is 91.8 Å². The number of halogens is 2. The maximum absolute atomic E-state index is 13.8. The van der Waals surface area contributed by atoms with Crippen LogP contribution in [-0.2, 0) is 19.8 Å². The van der Waals surface area contributed by atoms with E-state index in [9.17, 15) is 31.4 Å². The molecule has 6 nitrogen and oxygen atoms in total. The molecule has 1 aromatic carbocycles. The first-order valence-corrected chi connectivity index (χ1v) is 7.93. The third kappa shape index (κ3) is 3.59. The molecule has 0 spiro atoms. The summed E-state index contributed by atoms with van der Waals surface area (Å²) in [7, 11) is -4.77. The van der Waals surface area contributed by atoms with Gasteiger partial charge in [-0.05, 0) is 6.07 Å². The largest absolute Gasteiger partial charge is 0.479 e. The summed E-state index contributed by atoms with van der Waals surface area (Å²) in [6, 6.07) is 3.54. The fourth-order valence-corrected chi connectivity index (χ4v) is 3.37. The molecule has 2 atom stereocenters. The van der Waals surface area contributed by atoms with Gasteiger partial charge in [0.15, 0.2) is 6.04 Å². The summed E-state index contributed by atoms with van der Waals surface area (Å²) in [5.41, 5.74) is -0.202. The van der Waals surface area contributed by atoms with E-state index >= 15 is 0 Å². The summed E-state index contributed by atoms with van der Waals surface area (Å²) in [5, 5.41) is 9.30. The molecule has 1 N–H and O–H groups in total. The van der Waals surface area contributed by atoms with Crippen molar-refractivity contribution in [3.8, 4) is 0 Å². The van der Waals surface area contributed by atoms with Gasteiger partial charge in [0.05, 0.1) is 5.75 Å². The second kappa shape index (κ2) is 5.99. The van der Waals surface area contributed by atoms with E-state index in [4.69, 9.17) is 0 Å². The highest BCUT2D eigenvalue weighted by molar-refractivity contribution is 7.86. The quantitative estimate of drug-likeness (QED) is 0.815. The van der Waals surface area contributed by atoms with Gasteiger partial charge in [0.2, 0.25) is 5.91 Å². The Labute approximate surface area is 125 Å². The number of hydrogen-bond donors (Lipinski definition) is 1. The predicted molar refractivity (Wildman–Crippen MR) is 71.5 cm³/mol. The molecule has 0 bridgehead atoms. The molecule has 1 fully saturated rings. The van der Waals surface area contributed by atoms with Gasteiger partial charge >= 0.3 is 16.2 Å². The number of carbonyl (C=O) groups excluding carboxylic acids is 1. The van der Waals surface area contributed by atoms with E-state index in [1.165, 1.54) is 18.2 Å². The van der Waals surface area contributed by atoms with Crippen molar-refractivity contribution in [2.45, 2.75) is 12.5 Å². The van der Waals surface area contributed by atoms with Crippen LogP contribution in [0.25, 0.3) is 0 Å². The molecule has 9 heteroatoms. The lowest BCUT2D eigenvalue weighted by Gasteiger charge is -2.25. The SMILES string of the molecule is O=C(O)C(c1ccccc1F)N1CC(CS(=O)(=O)F)CC1=O. The Morgan fingerprint density at radius 3 is 2.59 bits per heavy atom. The fraction of sp³-hybridized carbons (Fsp3) is 0.385. The number of carboxylic acid groups (broad SMARTS) is 1. The van der Waals surface area contributed by atoms with Crippen LogP contribution in [0.3, 0.4) is 0 Å². The van der Waals surface area contributed by atoms with Gasteiger partial charge in [0.1, 0.15) is 5.82 Å². The van der Waals surface area contributed by atoms with Gasteiger partial charge in [-0.1, -0.05) is 18.2 Å². The number of nitrogens with zero attached hydrogens (tertiary/aromatic N) is 1. The Hall–Kier alpha value is -2.03. The van der Waals surface area contributed by atoms with Crippen molar-refractivity contribution >= 4 is 22.1 Å². The van der Waals surface area contributed by atoms with Crippen LogP contribution in [0.5, 0.6) is 0 Å². The fourth-order valence-electron chi connectivity index (χ4n) is 2.58. The number of likely N-dealkylation sites (tertiary alicyclic amines) is 1. The first kappa shape index (κ1) is 16.3. The molecule has 120 valence electrons. The molecular weight excluding hydrogens is 320 g/mol. The highest BCUT2D eigenvalue weighted by Gasteiger charge is 2.40. The molecule has 1 aromatic rings. The zero-order chi connectivity index (χ0) is 16.5. The molecule has 0 aromatic heterocycles. The highest BCUT2D eigenvalue weighted by atomic mass is 32.3. The minimum absolute atomic E-state index is 0.202. The first-order chi connectivity index (χ1) is 10.2.